The van der Waals surface area contributed by atoms with Gasteiger partial charge in [0.05, 0.1) is 13.2 Å². The van der Waals surface area contributed by atoms with Crippen LogP contribution in [0.4, 0.5) is 5.69 Å². The summed E-state index contributed by atoms with van der Waals surface area (Å²) in [5.74, 6) is 1.84. The average Bonchev–Trinajstić information content (AvgIpc) is 3.17. The number of carbonyl (C=O) groups is 1. The van der Waals surface area contributed by atoms with E-state index in [0.29, 0.717) is 12.0 Å². The Kier molecular flexibility index (Phi) is 3.57. The van der Waals surface area contributed by atoms with Crippen LogP contribution >= 0.6 is 0 Å². The zero-order valence-corrected chi connectivity index (χ0v) is 13.2. The maximum absolute atomic E-state index is 12.9. The van der Waals surface area contributed by atoms with Gasteiger partial charge in [0.2, 0.25) is 5.91 Å². The summed E-state index contributed by atoms with van der Waals surface area (Å²) >= 11 is 0. The molecule has 1 aromatic carbocycles. The van der Waals surface area contributed by atoms with Crippen LogP contribution < -0.4 is 15.0 Å². The fourth-order valence-corrected chi connectivity index (χ4v) is 4.43. The minimum absolute atomic E-state index is 0.0150. The number of amides is 1. The van der Waals surface area contributed by atoms with Crippen LogP contribution in [0.15, 0.2) is 18.2 Å². The molecule has 1 amide bonds. The van der Waals surface area contributed by atoms with Gasteiger partial charge in [-0.25, -0.2) is 0 Å². The highest BCUT2D eigenvalue weighted by Gasteiger charge is 2.40. The molecule has 1 N–H and O–H groups in total. The lowest BCUT2D eigenvalue weighted by Crippen LogP contribution is -2.45. The molecule has 4 nitrogen and oxygen atoms in total. The lowest BCUT2D eigenvalue weighted by molar-refractivity contribution is -0.120. The first-order valence-electron chi connectivity index (χ1n) is 8.50. The standard InChI is InChI=1S/C18H24N2O2/c1-22-14-6-7-17-13(10-14)8-9-20(17)18(21)16-11-12-4-2-3-5-15(12)19-16/h6-7,10,12,15-16,19H,2-5,8-9,11H2,1H3. The minimum Gasteiger partial charge on any atom is -0.497 e. The molecule has 2 heterocycles. The molecular formula is C18H24N2O2. The molecule has 1 saturated heterocycles. The van der Waals surface area contributed by atoms with Gasteiger partial charge >= 0.3 is 0 Å². The molecule has 22 heavy (non-hydrogen) atoms. The molecule has 4 rings (SSSR count). The quantitative estimate of drug-likeness (QED) is 0.912. The van der Waals surface area contributed by atoms with Crippen LogP contribution in [0.2, 0.25) is 0 Å². The summed E-state index contributed by atoms with van der Waals surface area (Å²) in [4.78, 5) is 14.9. The van der Waals surface area contributed by atoms with Crippen molar-refractivity contribution in [3.8, 4) is 5.75 Å². The van der Waals surface area contributed by atoms with Crippen molar-refractivity contribution >= 4 is 11.6 Å². The number of methoxy groups -OCH3 is 1. The summed E-state index contributed by atoms with van der Waals surface area (Å²) in [5.41, 5.74) is 2.30. The van der Waals surface area contributed by atoms with Gasteiger partial charge in [-0.15, -0.1) is 0 Å². The second kappa shape index (κ2) is 5.58. The van der Waals surface area contributed by atoms with Crippen molar-refractivity contribution < 1.29 is 9.53 Å². The summed E-state index contributed by atoms with van der Waals surface area (Å²) in [6, 6.07) is 6.62. The molecule has 2 aliphatic heterocycles. The highest BCUT2D eigenvalue weighted by Crippen LogP contribution is 2.36. The molecule has 0 aromatic heterocycles. The van der Waals surface area contributed by atoms with E-state index in [-0.39, 0.29) is 11.9 Å². The maximum Gasteiger partial charge on any atom is 0.244 e. The number of nitrogens with zero attached hydrogens (tertiary/aromatic N) is 1. The van der Waals surface area contributed by atoms with E-state index >= 15 is 0 Å². The third kappa shape index (κ3) is 2.30. The lowest BCUT2D eigenvalue weighted by Gasteiger charge is -2.24. The fourth-order valence-electron chi connectivity index (χ4n) is 4.43. The monoisotopic (exact) mass is 300 g/mol. The van der Waals surface area contributed by atoms with Gasteiger partial charge in [0.25, 0.3) is 0 Å². The number of nitrogens with one attached hydrogen (secondary N) is 1. The first-order valence-corrected chi connectivity index (χ1v) is 8.50. The van der Waals surface area contributed by atoms with Gasteiger partial charge in [-0.3, -0.25) is 4.79 Å². The zero-order valence-electron chi connectivity index (χ0n) is 13.2. The molecule has 3 atom stereocenters. The summed E-state index contributed by atoms with van der Waals surface area (Å²) in [6.07, 6.45) is 7.11. The number of fused-ring (bicyclic) bond motifs is 2. The summed E-state index contributed by atoms with van der Waals surface area (Å²) in [5, 5.41) is 3.61. The van der Waals surface area contributed by atoms with E-state index in [1.807, 2.05) is 17.0 Å². The molecule has 0 bridgehead atoms. The van der Waals surface area contributed by atoms with Gasteiger partial charge in [0.1, 0.15) is 5.75 Å². The molecule has 1 saturated carbocycles. The summed E-state index contributed by atoms with van der Waals surface area (Å²) in [7, 11) is 1.68. The molecule has 4 heteroatoms. The third-order valence-corrected chi connectivity index (χ3v) is 5.61. The van der Waals surface area contributed by atoms with Crippen molar-refractivity contribution in [1.82, 2.24) is 5.32 Å². The lowest BCUT2D eigenvalue weighted by atomic mass is 9.85. The van der Waals surface area contributed by atoms with Crippen molar-refractivity contribution in [3.63, 3.8) is 0 Å². The fraction of sp³-hybridized carbons (Fsp3) is 0.611. The van der Waals surface area contributed by atoms with E-state index in [4.69, 9.17) is 4.74 Å². The molecular weight excluding hydrogens is 276 g/mol. The Morgan fingerprint density at radius 3 is 3.00 bits per heavy atom. The van der Waals surface area contributed by atoms with Crippen LogP contribution in [-0.2, 0) is 11.2 Å². The molecule has 0 radical (unpaired) electrons. The molecule has 3 aliphatic rings. The predicted octanol–water partition coefficient (Wildman–Crippen LogP) is 2.50. The summed E-state index contributed by atoms with van der Waals surface area (Å²) < 4.78 is 5.28. The number of hydrogen-bond donors (Lipinski definition) is 1. The predicted molar refractivity (Wildman–Crippen MR) is 86.3 cm³/mol. The van der Waals surface area contributed by atoms with Crippen molar-refractivity contribution in [2.45, 2.75) is 50.6 Å². The van der Waals surface area contributed by atoms with Crippen molar-refractivity contribution in [3.05, 3.63) is 23.8 Å². The smallest absolute Gasteiger partial charge is 0.244 e. The first-order chi connectivity index (χ1) is 10.8. The second-order valence-electron chi connectivity index (χ2n) is 6.84. The highest BCUT2D eigenvalue weighted by atomic mass is 16.5. The largest absolute Gasteiger partial charge is 0.497 e. The molecule has 1 aromatic rings. The van der Waals surface area contributed by atoms with E-state index < -0.39 is 0 Å². The van der Waals surface area contributed by atoms with E-state index in [2.05, 4.69) is 11.4 Å². The number of benzene rings is 1. The Morgan fingerprint density at radius 1 is 1.32 bits per heavy atom. The number of hydrogen-bond acceptors (Lipinski definition) is 3. The van der Waals surface area contributed by atoms with Gasteiger partial charge in [-0.2, -0.15) is 0 Å². The first kappa shape index (κ1) is 14.1. The van der Waals surface area contributed by atoms with Crippen molar-refractivity contribution in [2.24, 2.45) is 5.92 Å². The van der Waals surface area contributed by atoms with Crippen LogP contribution in [0.5, 0.6) is 5.75 Å². The normalized spacial score (nSPS) is 30.0. The molecule has 2 fully saturated rings. The van der Waals surface area contributed by atoms with Crippen LogP contribution in [0.1, 0.15) is 37.7 Å². The topological polar surface area (TPSA) is 41.6 Å². The van der Waals surface area contributed by atoms with Gasteiger partial charge in [0, 0.05) is 18.3 Å². The molecule has 0 spiro atoms. The zero-order chi connectivity index (χ0) is 15.1. The number of ether oxygens (including phenoxy) is 1. The Morgan fingerprint density at radius 2 is 2.18 bits per heavy atom. The highest BCUT2D eigenvalue weighted by molar-refractivity contribution is 5.99. The third-order valence-electron chi connectivity index (χ3n) is 5.61. The Labute approximate surface area is 131 Å². The van der Waals surface area contributed by atoms with Crippen LogP contribution in [0, 0.1) is 5.92 Å². The van der Waals surface area contributed by atoms with Gasteiger partial charge < -0.3 is 15.0 Å². The van der Waals surface area contributed by atoms with E-state index in [9.17, 15) is 4.79 Å². The summed E-state index contributed by atoms with van der Waals surface area (Å²) in [6.45, 7) is 0.800. The van der Waals surface area contributed by atoms with Gasteiger partial charge in [0.15, 0.2) is 0 Å². The Hall–Kier alpha value is -1.55. The Balaban J connectivity index is 1.51. The Bertz CT molecular complexity index is 572. The minimum atomic E-state index is 0.0150. The SMILES string of the molecule is COc1ccc2c(c1)CCN2C(=O)C1CC2CCCCC2N1. The maximum atomic E-state index is 12.9. The van der Waals surface area contributed by atoms with Crippen LogP contribution in [-0.4, -0.2) is 31.6 Å². The van der Waals surface area contributed by atoms with Crippen molar-refractivity contribution in [2.75, 3.05) is 18.6 Å². The molecule has 118 valence electrons. The van der Waals surface area contributed by atoms with Crippen molar-refractivity contribution in [1.29, 1.82) is 0 Å². The number of carbonyl (C=O) groups excluding carboxylic acids is 1. The second-order valence-corrected chi connectivity index (χ2v) is 6.84. The molecule has 3 unspecified atom stereocenters. The number of rotatable bonds is 2. The van der Waals surface area contributed by atoms with Crippen LogP contribution in [0.3, 0.4) is 0 Å². The van der Waals surface area contributed by atoms with Gasteiger partial charge in [-0.1, -0.05) is 12.8 Å². The van der Waals surface area contributed by atoms with E-state index in [0.717, 1.165) is 30.8 Å². The van der Waals surface area contributed by atoms with Gasteiger partial charge in [-0.05, 0) is 55.4 Å². The van der Waals surface area contributed by atoms with Crippen LogP contribution in [0.25, 0.3) is 0 Å². The average molecular weight is 300 g/mol. The van der Waals surface area contributed by atoms with E-state index in [1.54, 1.807) is 7.11 Å². The molecule has 1 aliphatic carbocycles. The van der Waals surface area contributed by atoms with E-state index in [1.165, 1.54) is 31.2 Å². The number of anilines is 1.